The van der Waals surface area contributed by atoms with E-state index in [1.54, 1.807) is 54.0 Å². The van der Waals surface area contributed by atoms with Crippen LogP contribution in [0.4, 0.5) is 43.9 Å². The van der Waals surface area contributed by atoms with Gasteiger partial charge in [0.05, 0.1) is 146 Å². The average Bonchev–Trinajstić information content (AvgIpc) is 1.45. The molecule has 0 saturated carbocycles. The first-order chi connectivity index (χ1) is 56.2. The molecule has 9 heterocycles. The highest BCUT2D eigenvalue weighted by Crippen LogP contribution is 2.45. The molecule has 0 aromatic carbocycles. The quantitative estimate of drug-likeness (QED) is 0.00785. The van der Waals surface area contributed by atoms with Crippen LogP contribution >= 0.6 is 0 Å². The molecule has 0 unspecified atom stereocenters. The topological polar surface area (TPSA) is 550 Å². The summed E-state index contributed by atoms with van der Waals surface area (Å²) in [5.74, 6) is 3.27. The molecular formula is C63H84F10N36O9. The molecule has 9 rings (SSSR count). The maximum Gasteiger partial charge on any atom is 0.495 e. The Kier molecular flexibility index (Phi) is 34.0. The van der Waals surface area contributed by atoms with E-state index in [4.69, 9.17) is 21.7 Å². The van der Waals surface area contributed by atoms with Crippen LogP contribution in [0.25, 0.3) is 31.3 Å². The van der Waals surface area contributed by atoms with E-state index >= 15 is 0 Å². The molecule has 0 atom stereocenters. The van der Waals surface area contributed by atoms with Gasteiger partial charge in [0.15, 0.2) is 0 Å². The van der Waals surface area contributed by atoms with Crippen molar-refractivity contribution in [3.63, 3.8) is 0 Å². The first-order valence-electron chi connectivity index (χ1n) is 35.7. The van der Waals surface area contributed by atoms with E-state index in [2.05, 4.69) is 159 Å². The summed E-state index contributed by atoms with van der Waals surface area (Å²) in [7, 11) is 0. The first kappa shape index (κ1) is 93.4. The van der Waals surface area contributed by atoms with Gasteiger partial charge in [-0.1, -0.05) is 109 Å². The molecule has 0 spiro atoms. The zero-order chi connectivity index (χ0) is 86.3. The predicted octanol–water partition coefficient (Wildman–Crippen LogP) is 4.29. The van der Waals surface area contributed by atoms with Gasteiger partial charge in [0, 0.05) is 115 Å². The van der Waals surface area contributed by atoms with Crippen LogP contribution in [-0.2, 0) is 128 Å². The molecule has 45 nitrogen and oxygen atoms in total. The molecule has 0 aliphatic rings. The third kappa shape index (κ3) is 28.3. The fraction of sp³-hybridized carbons (Fsp3) is 0.651. The summed E-state index contributed by atoms with van der Waals surface area (Å²) in [6.07, 6.45) is 0.940. The molecule has 9 aromatic heterocycles. The number of hydrogen-bond acceptors (Lipinski definition) is 30. The number of rotatable bonds is 50. The van der Waals surface area contributed by atoms with Crippen molar-refractivity contribution in [3.05, 3.63) is 138 Å². The van der Waals surface area contributed by atoms with Gasteiger partial charge in [0.2, 0.25) is 0 Å². The maximum atomic E-state index is 13.1. The summed E-state index contributed by atoms with van der Waals surface area (Å²) in [5, 5.41) is 131. The zero-order valence-electron chi connectivity index (χ0n) is 64.2. The van der Waals surface area contributed by atoms with Crippen molar-refractivity contribution in [3.8, 4) is 24.7 Å². The number of nitrogens with zero attached hydrogens (tertiary/aromatic N) is 36. The number of azide groups is 3. The summed E-state index contributed by atoms with van der Waals surface area (Å²) < 4.78 is 161. The molecule has 4 N–H and O–H groups in total. The molecular weight excluding hydrogens is 1590 g/mol. The lowest BCUT2D eigenvalue weighted by atomic mass is 9.88. The minimum absolute atomic E-state index is 0.0992. The summed E-state index contributed by atoms with van der Waals surface area (Å²) in [6.45, 7) is 5.78. The van der Waals surface area contributed by atoms with E-state index in [0.29, 0.717) is 81.3 Å². The summed E-state index contributed by atoms with van der Waals surface area (Å²) in [5.41, 5.74) is 27.8. The third-order valence-electron chi connectivity index (χ3n) is 17.1. The van der Waals surface area contributed by atoms with Gasteiger partial charge in [-0.25, -0.2) is 14.2 Å². The number of aryl methyl sites for hydroxylation is 5. The number of aromatic nitrogens is 27. The highest BCUT2D eigenvalue weighted by Gasteiger charge is 2.69. The van der Waals surface area contributed by atoms with Crippen molar-refractivity contribution in [2.45, 2.75) is 169 Å². The summed E-state index contributed by atoms with van der Waals surface area (Å²) in [4.78, 5) is 7.59. The van der Waals surface area contributed by atoms with Crippen molar-refractivity contribution in [2.75, 3.05) is 72.5 Å². The van der Waals surface area contributed by atoms with Gasteiger partial charge in [0.25, 0.3) is 0 Å². The lowest BCUT2D eigenvalue weighted by Gasteiger charge is -2.31. The lowest BCUT2D eigenvalue weighted by Crippen LogP contribution is -2.54. The third-order valence-corrected chi connectivity index (χ3v) is 17.1. The molecule has 0 fully saturated rings. The summed E-state index contributed by atoms with van der Waals surface area (Å²) in [6, 6.07) is 0. The SMILES string of the molecule is C#CCOCC(F)(F)OC(F)(F)OC(F)(F)C(F)(F)OC(F)(F)COCC#C.CCc1cn(CC(CO)(Cn2cc(CC)nn2)Cn2cc(Cc3cn(CC(CO)(Cn4cc(CC)nn4)Cn4cc(Cc5cn(CC(CO)(Cn6cc(CC)nn6)Cn6cc(CC)nn6)nn5)nn4)nn3)nn2)nn1.[N-]=[N+]=NCC(CO)(CN=[N+]=[N-])CN=[N+]=[N-]. The fourth-order valence-corrected chi connectivity index (χ4v) is 11.3. The van der Waals surface area contributed by atoms with Crippen molar-refractivity contribution in [1.29, 1.82) is 0 Å². The number of halogens is 10. The average molecular weight is 1680 g/mol. The van der Waals surface area contributed by atoms with Crippen LogP contribution in [0.15, 0.2) is 71.1 Å². The molecule has 55 heteroatoms. The monoisotopic (exact) mass is 1680 g/mol. The van der Waals surface area contributed by atoms with E-state index in [0.717, 1.165) is 54.2 Å². The predicted molar refractivity (Wildman–Crippen MR) is 380 cm³/mol. The fourth-order valence-electron chi connectivity index (χ4n) is 11.3. The Morgan fingerprint density at radius 1 is 0.347 bits per heavy atom. The smallest absolute Gasteiger partial charge is 0.396 e. The van der Waals surface area contributed by atoms with Crippen molar-refractivity contribution >= 4 is 0 Å². The van der Waals surface area contributed by atoms with Gasteiger partial charge >= 0.3 is 30.7 Å². The van der Waals surface area contributed by atoms with Crippen LogP contribution in [0.5, 0.6) is 0 Å². The van der Waals surface area contributed by atoms with E-state index in [1.165, 1.54) is 0 Å². The van der Waals surface area contributed by atoms with E-state index < -0.39 is 85.4 Å². The molecule has 0 aliphatic carbocycles. The van der Waals surface area contributed by atoms with E-state index in [1.807, 2.05) is 90.4 Å². The Bertz CT molecular complexity index is 4490. The van der Waals surface area contributed by atoms with Gasteiger partial charge in [-0.2, -0.15) is 35.1 Å². The van der Waals surface area contributed by atoms with Gasteiger partial charge in [-0.15, -0.1) is 67.5 Å². The number of terminal acetylenes is 2. The van der Waals surface area contributed by atoms with Crippen molar-refractivity contribution in [1.82, 2.24) is 135 Å². The van der Waals surface area contributed by atoms with Crippen LogP contribution in [0.2, 0.25) is 0 Å². The minimum atomic E-state index is -6.57. The molecule has 0 amide bonds. The van der Waals surface area contributed by atoms with Crippen molar-refractivity contribution < 1.29 is 88.0 Å². The molecule has 118 heavy (non-hydrogen) atoms. The summed E-state index contributed by atoms with van der Waals surface area (Å²) >= 11 is 0. The second-order valence-electron chi connectivity index (χ2n) is 27.1. The molecule has 0 aliphatic heterocycles. The lowest BCUT2D eigenvalue weighted by molar-refractivity contribution is -0.566. The van der Waals surface area contributed by atoms with Gasteiger partial charge < -0.3 is 29.9 Å². The zero-order valence-corrected chi connectivity index (χ0v) is 64.2. The van der Waals surface area contributed by atoms with Gasteiger partial charge in [-0.3, -0.25) is 42.1 Å². The highest BCUT2D eigenvalue weighted by atomic mass is 19.3. The van der Waals surface area contributed by atoms with E-state index in [-0.39, 0.29) is 59.1 Å². The highest BCUT2D eigenvalue weighted by molar-refractivity contribution is 5.10. The number of hydrogen-bond donors (Lipinski definition) is 4. The maximum absolute atomic E-state index is 13.1. The molecule has 9 aromatic rings. The van der Waals surface area contributed by atoms with Crippen LogP contribution in [0, 0.1) is 46.3 Å². The standard InChI is InChI=1S/C45H65N27O3.C13H10F10O5.C5H9N9O/c1-6-34-13-64(55-46-34)22-43(31-73,23-65-14-35(7-2)47-56-65)27-69-18-39(51-60-69)11-41-20-71(62-53-41)29-45(33-75,26-68-17-38(10-5)50-59-68)30-72-21-42(54-63-72)12-40-19-70(61-52-40)28-44(32-74,24-66-15-36(8-3)48-57-66)25-67-16-37(9-4)49-58-67;1-3-5-24-7-9(14,15)26-11(18,19)12(20,21)28-13(22,23)27-10(16,17)8-25-6-4-2;6-12-9-1-5(4-15,2-10-13-7)3-11-14-8/h13-21,73-75H,6-12,22-33H2,1-5H3;1-2H,5-8H2;15H,1-4H2. The Morgan fingerprint density at radius 2 is 0.559 bits per heavy atom. The molecule has 640 valence electrons. The molecule has 0 bridgehead atoms. The van der Waals surface area contributed by atoms with Gasteiger partial charge in [-0.05, 0) is 48.7 Å². The number of aliphatic hydroxyl groups is 4. The van der Waals surface area contributed by atoms with Gasteiger partial charge in [0.1, 0.15) is 26.4 Å². The van der Waals surface area contributed by atoms with Crippen LogP contribution in [0.3, 0.4) is 0 Å². The molecule has 0 saturated heterocycles. The first-order valence-corrected chi connectivity index (χ1v) is 35.7. The minimum Gasteiger partial charge on any atom is -0.396 e. The molecule has 0 radical (unpaired) electrons. The van der Waals surface area contributed by atoms with Crippen molar-refractivity contribution in [2.24, 2.45) is 37.0 Å². The van der Waals surface area contributed by atoms with Crippen LogP contribution in [-0.4, -0.2) is 259 Å². The number of alkyl halides is 10. The Labute approximate surface area is 662 Å². The number of aliphatic hydroxyl groups excluding tert-OH is 4. The Morgan fingerprint density at radius 3 is 0.763 bits per heavy atom. The normalized spacial score (nSPS) is 12.8. The van der Waals surface area contributed by atoms with Crippen LogP contribution < -0.4 is 0 Å². The second kappa shape index (κ2) is 42.9. The number of ether oxygens (including phenoxy) is 5. The largest absolute Gasteiger partial charge is 0.495 e. The Balaban J connectivity index is 0.000000367. The second-order valence-corrected chi connectivity index (χ2v) is 27.1. The Hall–Kier alpha value is -11.7. The van der Waals surface area contributed by atoms with Crippen LogP contribution in [0.1, 0.15) is 85.9 Å². The van der Waals surface area contributed by atoms with E-state index in [9.17, 15) is 59.2 Å².